The fraction of sp³-hybridized carbons (Fsp3) is 0.533. The molecule has 0 radical (unpaired) electrons. The summed E-state index contributed by atoms with van der Waals surface area (Å²) in [5.74, 6) is -1.42. The lowest BCUT2D eigenvalue weighted by atomic mass is 9.83. The summed E-state index contributed by atoms with van der Waals surface area (Å²) in [5.41, 5.74) is -0.723. The molecule has 0 N–H and O–H groups in total. The number of rotatable bonds is 4. The van der Waals surface area contributed by atoms with Crippen molar-refractivity contribution in [3.63, 3.8) is 0 Å². The molecule has 1 amide bonds. The van der Waals surface area contributed by atoms with Gasteiger partial charge in [-0.25, -0.2) is 0 Å². The lowest BCUT2D eigenvalue weighted by Gasteiger charge is -2.41. The maximum absolute atomic E-state index is 12.5. The molecule has 1 saturated heterocycles. The smallest absolute Gasteiger partial charge is 0.303 e. The number of hydrogen-bond acceptors (Lipinski definition) is 5. The van der Waals surface area contributed by atoms with Gasteiger partial charge in [0.25, 0.3) is 5.91 Å². The first kappa shape index (κ1) is 15.3. The highest BCUT2D eigenvalue weighted by Gasteiger charge is 2.61. The third-order valence-corrected chi connectivity index (χ3v) is 3.86. The van der Waals surface area contributed by atoms with Crippen LogP contribution >= 0.6 is 0 Å². The SMILES string of the molecule is C=CCC12CC=CCN1C(=O)C(OC(C)=O)C2OC(C)=O. The third kappa shape index (κ3) is 2.57. The molecular weight excluding hydrogens is 274 g/mol. The van der Waals surface area contributed by atoms with Crippen LogP contribution in [0.1, 0.15) is 26.7 Å². The van der Waals surface area contributed by atoms with Crippen molar-refractivity contribution in [3.8, 4) is 0 Å². The van der Waals surface area contributed by atoms with E-state index in [-0.39, 0.29) is 5.91 Å². The fourth-order valence-electron chi connectivity index (χ4n) is 3.10. The Morgan fingerprint density at radius 3 is 2.62 bits per heavy atom. The average Bonchev–Trinajstić information content (AvgIpc) is 2.61. The Balaban J connectivity index is 2.44. The minimum absolute atomic E-state index is 0.331. The number of esters is 2. The van der Waals surface area contributed by atoms with Crippen molar-refractivity contribution < 1.29 is 23.9 Å². The van der Waals surface area contributed by atoms with Gasteiger partial charge in [0.2, 0.25) is 6.10 Å². The van der Waals surface area contributed by atoms with E-state index in [0.717, 1.165) is 0 Å². The lowest BCUT2D eigenvalue weighted by Crippen LogP contribution is -2.54. The molecule has 21 heavy (non-hydrogen) atoms. The molecule has 1 fully saturated rings. The second-order valence-electron chi connectivity index (χ2n) is 5.28. The van der Waals surface area contributed by atoms with Crippen LogP contribution in [0.25, 0.3) is 0 Å². The van der Waals surface area contributed by atoms with Crippen molar-refractivity contribution in [1.82, 2.24) is 4.90 Å². The summed E-state index contributed by atoms with van der Waals surface area (Å²) in [5, 5.41) is 0. The van der Waals surface area contributed by atoms with E-state index in [0.29, 0.717) is 19.4 Å². The topological polar surface area (TPSA) is 72.9 Å². The van der Waals surface area contributed by atoms with Crippen molar-refractivity contribution in [3.05, 3.63) is 24.8 Å². The van der Waals surface area contributed by atoms with E-state index in [4.69, 9.17) is 9.47 Å². The van der Waals surface area contributed by atoms with E-state index < -0.39 is 29.7 Å². The normalized spacial score (nSPS) is 30.8. The number of fused-ring (bicyclic) bond motifs is 1. The highest BCUT2D eigenvalue weighted by molar-refractivity contribution is 5.89. The van der Waals surface area contributed by atoms with Gasteiger partial charge in [-0.1, -0.05) is 18.2 Å². The zero-order chi connectivity index (χ0) is 15.6. The summed E-state index contributed by atoms with van der Waals surface area (Å²) < 4.78 is 10.5. The first-order chi connectivity index (χ1) is 9.92. The molecule has 0 aromatic heterocycles. The van der Waals surface area contributed by atoms with E-state index in [9.17, 15) is 14.4 Å². The molecule has 2 heterocycles. The van der Waals surface area contributed by atoms with E-state index in [1.54, 1.807) is 11.0 Å². The number of carbonyl (C=O) groups excluding carboxylic acids is 3. The summed E-state index contributed by atoms with van der Waals surface area (Å²) >= 11 is 0. The van der Waals surface area contributed by atoms with Crippen LogP contribution in [0.3, 0.4) is 0 Å². The van der Waals surface area contributed by atoms with E-state index in [1.165, 1.54) is 13.8 Å². The Labute approximate surface area is 123 Å². The highest BCUT2D eigenvalue weighted by Crippen LogP contribution is 2.42. The minimum atomic E-state index is -1.09. The summed E-state index contributed by atoms with van der Waals surface area (Å²) in [6.45, 7) is 6.64. The predicted octanol–water partition coefficient (Wildman–Crippen LogP) is 0.967. The summed E-state index contributed by atoms with van der Waals surface area (Å²) in [4.78, 5) is 36.9. The minimum Gasteiger partial charge on any atom is -0.455 e. The Hall–Kier alpha value is -2.11. The zero-order valence-corrected chi connectivity index (χ0v) is 12.2. The van der Waals surface area contributed by atoms with E-state index in [2.05, 4.69) is 6.58 Å². The van der Waals surface area contributed by atoms with Crippen LogP contribution < -0.4 is 0 Å². The third-order valence-electron chi connectivity index (χ3n) is 3.86. The van der Waals surface area contributed by atoms with Gasteiger partial charge < -0.3 is 14.4 Å². The van der Waals surface area contributed by atoms with Gasteiger partial charge in [-0.15, -0.1) is 6.58 Å². The van der Waals surface area contributed by atoms with Gasteiger partial charge in [0.15, 0.2) is 6.10 Å². The average molecular weight is 293 g/mol. The summed E-state index contributed by atoms with van der Waals surface area (Å²) in [7, 11) is 0. The first-order valence-electron chi connectivity index (χ1n) is 6.84. The molecule has 2 aliphatic heterocycles. The molecule has 0 aromatic carbocycles. The van der Waals surface area contributed by atoms with Gasteiger partial charge >= 0.3 is 11.9 Å². The maximum Gasteiger partial charge on any atom is 0.303 e. The number of nitrogens with zero attached hydrogens (tertiary/aromatic N) is 1. The van der Waals surface area contributed by atoms with Crippen molar-refractivity contribution in [1.29, 1.82) is 0 Å². The van der Waals surface area contributed by atoms with Crippen molar-refractivity contribution >= 4 is 17.8 Å². The second-order valence-corrected chi connectivity index (χ2v) is 5.28. The van der Waals surface area contributed by atoms with Crippen LogP contribution in [0.4, 0.5) is 0 Å². The highest BCUT2D eigenvalue weighted by atomic mass is 16.6. The molecule has 6 nitrogen and oxygen atoms in total. The molecule has 0 aliphatic carbocycles. The Kier molecular flexibility index (Phi) is 4.16. The number of amides is 1. The molecule has 2 rings (SSSR count). The predicted molar refractivity (Wildman–Crippen MR) is 74.1 cm³/mol. The number of carbonyl (C=O) groups is 3. The quantitative estimate of drug-likeness (QED) is 0.570. The van der Waals surface area contributed by atoms with Crippen LogP contribution in [0.5, 0.6) is 0 Å². The maximum atomic E-state index is 12.5. The van der Waals surface area contributed by atoms with E-state index >= 15 is 0 Å². The van der Waals surface area contributed by atoms with Crippen LogP contribution in [0, 0.1) is 0 Å². The van der Waals surface area contributed by atoms with Gasteiger partial charge in [0.05, 0.1) is 5.54 Å². The number of hydrogen-bond donors (Lipinski definition) is 0. The van der Waals surface area contributed by atoms with E-state index in [1.807, 2.05) is 12.2 Å². The van der Waals surface area contributed by atoms with Gasteiger partial charge in [0, 0.05) is 20.4 Å². The molecule has 3 atom stereocenters. The summed E-state index contributed by atoms with van der Waals surface area (Å²) in [6.07, 6.45) is 4.58. The van der Waals surface area contributed by atoms with Crippen LogP contribution in [-0.2, 0) is 23.9 Å². The standard InChI is InChI=1S/C15H19NO5/c1-4-7-15-8-5-6-9-16(15)14(19)12(20-10(2)17)13(15)21-11(3)18/h4-6,12-13H,1,7-9H2,2-3H3. The molecule has 114 valence electrons. The molecule has 6 heteroatoms. The molecular formula is C15H19NO5. The monoisotopic (exact) mass is 293 g/mol. The lowest BCUT2D eigenvalue weighted by molar-refractivity contribution is -0.168. The fourth-order valence-corrected chi connectivity index (χ4v) is 3.10. The second kappa shape index (κ2) is 5.71. The molecule has 0 saturated carbocycles. The molecule has 0 bridgehead atoms. The Morgan fingerprint density at radius 2 is 2.05 bits per heavy atom. The van der Waals surface area contributed by atoms with Gasteiger partial charge in [-0.2, -0.15) is 0 Å². The first-order valence-corrected chi connectivity index (χ1v) is 6.84. The van der Waals surface area contributed by atoms with Crippen LogP contribution in [0.2, 0.25) is 0 Å². The van der Waals surface area contributed by atoms with Crippen LogP contribution in [0.15, 0.2) is 24.8 Å². The van der Waals surface area contributed by atoms with Gasteiger partial charge in [-0.05, 0) is 12.8 Å². The Bertz CT molecular complexity index is 512. The number of ether oxygens (including phenoxy) is 2. The van der Waals surface area contributed by atoms with Gasteiger partial charge in [0.1, 0.15) is 0 Å². The van der Waals surface area contributed by atoms with Crippen LogP contribution in [-0.4, -0.2) is 47.0 Å². The van der Waals surface area contributed by atoms with Crippen molar-refractivity contribution in [2.24, 2.45) is 0 Å². The Morgan fingerprint density at radius 1 is 1.38 bits per heavy atom. The van der Waals surface area contributed by atoms with Crippen molar-refractivity contribution in [2.45, 2.75) is 44.4 Å². The molecule has 0 spiro atoms. The van der Waals surface area contributed by atoms with Crippen molar-refractivity contribution in [2.75, 3.05) is 6.54 Å². The largest absolute Gasteiger partial charge is 0.455 e. The zero-order valence-electron chi connectivity index (χ0n) is 12.2. The van der Waals surface area contributed by atoms with Gasteiger partial charge in [-0.3, -0.25) is 14.4 Å². The molecule has 3 unspecified atom stereocenters. The summed E-state index contributed by atoms with van der Waals surface area (Å²) in [6, 6.07) is 0. The molecule has 0 aromatic rings. The molecule has 2 aliphatic rings.